The summed E-state index contributed by atoms with van der Waals surface area (Å²) in [6, 6.07) is 23.5. The van der Waals surface area contributed by atoms with E-state index in [4.69, 9.17) is 0 Å². The molecule has 3 N–H and O–H groups in total. The second-order valence-corrected chi connectivity index (χ2v) is 9.83. The van der Waals surface area contributed by atoms with E-state index in [1.165, 1.54) is 4.90 Å². The van der Waals surface area contributed by atoms with E-state index in [2.05, 4.69) is 15.6 Å². The van der Waals surface area contributed by atoms with Crippen molar-refractivity contribution in [1.82, 2.24) is 20.5 Å². The maximum atomic E-state index is 13.7. The van der Waals surface area contributed by atoms with Crippen LogP contribution in [0.3, 0.4) is 0 Å². The summed E-state index contributed by atoms with van der Waals surface area (Å²) in [5.41, 5.74) is 4.37. The van der Waals surface area contributed by atoms with Gasteiger partial charge in [0.15, 0.2) is 5.78 Å². The standard InChI is InChI=1S/C31H30N4O4/c1-20-9-5-6-12-22(20)16-33-30(38)25(15-23-17-32-26-14-8-7-13-24(23)26)27(36)18-35-19-28(37)34-29(31(35)39)21-10-3-2-4-11-21/h2-14,17,25,29,32H,15-16,18-19H2,1H3,(H,33,38)(H,34,37). The molecule has 0 bridgehead atoms. The van der Waals surface area contributed by atoms with Crippen LogP contribution in [0.25, 0.3) is 10.9 Å². The molecule has 0 saturated carbocycles. The van der Waals surface area contributed by atoms with E-state index in [9.17, 15) is 19.2 Å². The van der Waals surface area contributed by atoms with Gasteiger partial charge in [0, 0.05) is 23.6 Å². The molecule has 1 saturated heterocycles. The van der Waals surface area contributed by atoms with Crippen LogP contribution >= 0.6 is 0 Å². The molecule has 4 aromatic rings. The molecule has 1 aliphatic heterocycles. The van der Waals surface area contributed by atoms with Crippen molar-refractivity contribution in [3.8, 4) is 0 Å². The first kappa shape index (κ1) is 25.9. The third-order valence-electron chi connectivity index (χ3n) is 7.20. The molecular weight excluding hydrogens is 492 g/mol. The molecule has 1 fully saturated rings. The topological polar surface area (TPSA) is 111 Å². The molecule has 5 rings (SSSR count). The van der Waals surface area contributed by atoms with Crippen LogP contribution in [0.4, 0.5) is 0 Å². The van der Waals surface area contributed by atoms with Crippen LogP contribution < -0.4 is 10.6 Å². The van der Waals surface area contributed by atoms with Gasteiger partial charge < -0.3 is 20.5 Å². The number of carbonyl (C=O) groups is 4. The minimum absolute atomic E-state index is 0.165. The number of nitrogens with one attached hydrogen (secondary N) is 3. The van der Waals surface area contributed by atoms with E-state index < -0.39 is 23.7 Å². The minimum atomic E-state index is -1.04. The summed E-state index contributed by atoms with van der Waals surface area (Å²) >= 11 is 0. The van der Waals surface area contributed by atoms with Gasteiger partial charge >= 0.3 is 0 Å². The fraction of sp³-hybridized carbons (Fsp3) is 0.226. The van der Waals surface area contributed by atoms with Crippen molar-refractivity contribution < 1.29 is 19.2 Å². The number of aryl methyl sites for hydroxylation is 1. The van der Waals surface area contributed by atoms with Gasteiger partial charge in [-0.1, -0.05) is 72.8 Å². The first-order valence-corrected chi connectivity index (χ1v) is 12.9. The number of hydrogen-bond acceptors (Lipinski definition) is 4. The predicted octanol–water partition coefficient (Wildman–Crippen LogP) is 3.22. The minimum Gasteiger partial charge on any atom is -0.361 e. The summed E-state index contributed by atoms with van der Waals surface area (Å²) < 4.78 is 0. The maximum Gasteiger partial charge on any atom is 0.250 e. The number of rotatable bonds is 9. The summed E-state index contributed by atoms with van der Waals surface area (Å²) in [7, 11) is 0. The second kappa shape index (κ2) is 11.3. The molecule has 0 spiro atoms. The molecular formula is C31H30N4O4. The molecule has 0 aliphatic carbocycles. The van der Waals surface area contributed by atoms with Crippen LogP contribution in [-0.4, -0.2) is 46.5 Å². The lowest BCUT2D eigenvalue weighted by atomic mass is 9.93. The number of carbonyl (C=O) groups excluding carboxylic acids is 4. The highest BCUT2D eigenvalue weighted by molar-refractivity contribution is 6.05. The highest BCUT2D eigenvalue weighted by atomic mass is 16.2. The number of para-hydroxylation sites is 1. The van der Waals surface area contributed by atoms with Crippen molar-refractivity contribution in [3.63, 3.8) is 0 Å². The number of H-pyrrole nitrogens is 1. The normalized spacial score (nSPS) is 16.1. The van der Waals surface area contributed by atoms with Gasteiger partial charge in [0.05, 0.1) is 6.54 Å². The molecule has 3 amide bonds. The van der Waals surface area contributed by atoms with E-state index in [-0.39, 0.29) is 37.9 Å². The summed E-state index contributed by atoms with van der Waals surface area (Å²) in [5.74, 6) is -2.60. The van der Waals surface area contributed by atoms with Gasteiger partial charge in [-0.05, 0) is 41.7 Å². The number of aromatic amines is 1. The first-order valence-electron chi connectivity index (χ1n) is 12.9. The van der Waals surface area contributed by atoms with E-state index in [1.54, 1.807) is 24.3 Å². The van der Waals surface area contributed by atoms with Gasteiger partial charge in [-0.3, -0.25) is 19.2 Å². The number of piperazine rings is 1. The molecule has 8 heteroatoms. The van der Waals surface area contributed by atoms with Crippen molar-refractivity contribution in [1.29, 1.82) is 0 Å². The van der Waals surface area contributed by atoms with Crippen molar-refractivity contribution in [3.05, 3.63) is 107 Å². The van der Waals surface area contributed by atoms with Gasteiger partial charge in [0.2, 0.25) is 11.8 Å². The molecule has 3 aromatic carbocycles. The number of ketones is 1. The maximum absolute atomic E-state index is 13.7. The van der Waals surface area contributed by atoms with E-state index in [0.717, 1.165) is 27.6 Å². The highest BCUT2D eigenvalue weighted by Crippen LogP contribution is 2.23. The molecule has 2 unspecified atom stereocenters. The van der Waals surface area contributed by atoms with E-state index in [0.29, 0.717) is 5.56 Å². The Bertz CT molecular complexity index is 1530. The Balaban J connectivity index is 1.37. The Morgan fingerprint density at radius 3 is 2.46 bits per heavy atom. The van der Waals surface area contributed by atoms with Gasteiger partial charge in [-0.15, -0.1) is 0 Å². The molecule has 1 aromatic heterocycles. The molecule has 198 valence electrons. The highest BCUT2D eigenvalue weighted by Gasteiger charge is 2.37. The van der Waals surface area contributed by atoms with Gasteiger partial charge in [0.25, 0.3) is 5.91 Å². The average molecular weight is 523 g/mol. The Morgan fingerprint density at radius 2 is 1.67 bits per heavy atom. The monoisotopic (exact) mass is 522 g/mol. The van der Waals surface area contributed by atoms with Crippen molar-refractivity contribution in [2.24, 2.45) is 5.92 Å². The molecule has 2 atom stereocenters. The van der Waals surface area contributed by atoms with E-state index in [1.807, 2.05) is 67.7 Å². The third-order valence-corrected chi connectivity index (χ3v) is 7.20. The number of nitrogens with zero attached hydrogens (tertiary/aromatic N) is 1. The first-order chi connectivity index (χ1) is 18.9. The molecule has 39 heavy (non-hydrogen) atoms. The molecule has 0 radical (unpaired) electrons. The molecule has 2 heterocycles. The van der Waals surface area contributed by atoms with Crippen LogP contribution in [0.5, 0.6) is 0 Å². The third kappa shape index (κ3) is 5.75. The van der Waals surface area contributed by atoms with Gasteiger partial charge in [0.1, 0.15) is 18.5 Å². The second-order valence-electron chi connectivity index (χ2n) is 9.83. The van der Waals surface area contributed by atoms with Crippen LogP contribution in [0.1, 0.15) is 28.3 Å². The fourth-order valence-electron chi connectivity index (χ4n) is 4.99. The lowest BCUT2D eigenvalue weighted by Gasteiger charge is -2.33. The number of fused-ring (bicyclic) bond motifs is 1. The summed E-state index contributed by atoms with van der Waals surface area (Å²) in [6.45, 7) is 1.68. The number of benzene rings is 3. The van der Waals surface area contributed by atoms with Gasteiger partial charge in [-0.25, -0.2) is 0 Å². The lowest BCUT2D eigenvalue weighted by Crippen LogP contribution is -2.55. The fourth-order valence-corrected chi connectivity index (χ4v) is 4.99. The van der Waals surface area contributed by atoms with Crippen molar-refractivity contribution >= 4 is 34.4 Å². The Kier molecular flexibility index (Phi) is 7.54. The number of hydrogen-bond donors (Lipinski definition) is 3. The van der Waals surface area contributed by atoms with Gasteiger partial charge in [-0.2, -0.15) is 0 Å². The van der Waals surface area contributed by atoms with Crippen LogP contribution in [0, 0.1) is 12.8 Å². The zero-order valence-corrected chi connectivity index (χ0v) is 21.6. The number of amides is 3. The predicted molar refractivity (Wildman–Crippen MR) is 147 cm³/mol. The number of Topliss-reactive ketones (excluding diaryl/α,β-unsaturated/α-hetero) is 1. The van der Waals surface area contributed by atoms with Crippen LogP contribution in [0.15, 0.2) is 85.1 Å². The van der Waals surface area contributed by atoms with Crippen molar-refractivity contribution in [2.45, 2.75) is 25.9 Å². The lowest BCUT2D eigenvalue weighted by molar-refractivity contribution is -0.147. The summed E-state index contributed by atoms with van der Waals surface area (Å²) in [4.78, 5) is 57.4. The zero-order chi connectivity index (χ0) is 27.4. The SMILES string of the molecule is Cc1ccccc1CNC(=O)C(Cc1c[nH]c2ccccc12)C(=O)CN1CC(=O)NC(c2ccccc2)C1=O. The Hall–Kier alpha value is -4.72. The zero-order valence-electron chi connectivity index (χ0n) is 21.6. The molecule has 8 nitrogen and oxygen atoms in total. The summed E-state index contributed by atoms with van der Waals surface area (Å²) in [5, 5.41) is 6.56. The largest absolute Gasteiger partial charge is 0.361 e. The Morgan fingerprint density at radius 1 is 0.949 bits per heavy atom. The average Bonchev–Trinajstić information content (AvgIpc) is 3.36. The molecule has 1 aliphatic rings. The van der Waals surface area contributed by atoms with Crippen molar-refractivity contribution in [2.75, 3.05) is 13.1 Å². The van der Waals surface area contributed by atoms with Crippen LogP contribution in [-0.2, 0) is 32.1 Å². The summed E-state index contributed by atoms with van der Waals surface area (Å²) in [6.07, 6.45) is 1.98. The van der Waals surface area contributed by atoms with E-state index >= 15 is 0 Å². The Labute approximate surface area is 226 Å². The quantitative estimate of drug-likeness (QED) is 0.293. The van der Waals surface area contributed by atoms with Crippen LogP contribution in [0.2, 0.25) is 0 Å². The number of aromatic nitrogens is 1. The smallest absolute Gasteiger partial charge is 0.250 e.